The summed E-state index contributed by atoms with van der Waals surface area (Å²) in [4.78, 5) is 12.2. The monoisotopic (exact) mass is 470 g/mol. The molecule has 0 aliphatic rings. The molecule has 2 N–H and O–H groups in total. The van der Waals surface area contributed by atoms with Crippen LogP contribution in [0.25, 0.3) is 0 Å². The Morgan fingerprint density at radius 3 is 2.72 bits per heavy atom. The summed E-state index contributed by atoms with van der Waals surface area (Å²) in [5, 5.41) is 13.8. The number of phenols is 1. The summed E-state index contributed by atoms with van der Waals surface area (Å²) >= 11 is 6.56. The minimum absolute atomic E-state index is 0.0314. The fourth-order valence-corrected chi connectivity index (χ4v) is 3.25. The van der Waals surface area contributed by atoms with Crippen LogP contribution in [0.2, 0.25) is 0 Å². The van der Waals surface area contributed by atoms with Crippen LogP contribution in [0.15, 0.2) is 44.4 Å². The third-order valence-electron chi connectivity index (χ3n) is 3.15. The van der Waals surface area contributed by atoms with Crippen LogP contribution in [0.4, 0.5) is 0 Å². The van der Waals surface area contributed by atoms with Gasteiger partial charge in [-0.1, -0.05) is 15.9 Å². The number of rotatable bonds is 6. The molecule has 6 nitrogen and oxygen atoms in total. The van der Waals surface area contributed by atoms with Crippen molar-refractivity contribution >= 4 is 44.0 Å². The molecule has 0 saturated heterocycles. The molecule has 132 valence electrons. The number of halogens is 2. The van der Waals surface area contributed by atoms with Gasteiger partial charge in [0.25, 0.3) is 5.91 Å². The highest BCUT2D eigenvalue weighted by atomic mass is 79.9. The van der Waals surface area contributed by atoms with Gasteiger partial charge in [-0.05, 0) is 53.2 Å². The lowest BCUT2D eigenvalue weighted by atomic mass is 10.2. The predicted molar refractivity (Wildman–Crippen MR) is 103 cm³/mol. The van der Waals surface area contributed by atoms with E-state index in [1.807, 2.05) is 6.92 Å². The Kier molecular flexibility index (Phi) is 6.83. The number of carbonyl (C=O) groups excluding carboxylic acids is 1. The number of methoxy groups -OCH3 is 1. The zero-order valence-electron chi connectivity index (χ0n) is 13.5. The average Bonchev–Trinajstić information content (AvgIpc) is 2.59. The first-order chi connectivity index (χ1) is 12.0. The van der Waals surface area contributed by atoms with E-state index in [-0.39, 0.29) is 5.75 Å². The lowest BCUT2D eigenvalue weighted by Crippen LogP contribution is -2.17. The van der Waals surface area contributed by atoms with Crippen molar-refractivity contribution in [2.24, 2.45) is 5.10 Å². The average molecular weight is 472 g/mol. The van der Waals surface area contributed by atoms with Crippen LogP contribution < -0.4 is 14.9 Å². The van der Waals surface area contributed by atoms with Gasteiger partial charge in [0, 0.05) is 15.6 Å². The number of nitrogens with zero attached hydrogens (tertiary/aromatic N) is 1. The minimum Gasteiger partial charge on any atom is -0.506 e. The van der Waals surface area contributed by atoms with Crippen molar-refractivity contribution in [2.75, 3.05) is 13.7 Å². The van der Waals surface area contributed by atoms with Crippen molar-refractivity contribution in [3.63, 3.8) is 0 Å². The first-order valence-electron chi connectivity index (χ1n) is 7.28. The highest BCUT2D eigenvalue weighted by Crippen LogP contribution is 2.30. The van der Waals surface area contributed by atoms with Gasteiger partial charge in [-0.2, -0.15) is 5.10 Å². The van der Waals surface area contributed by atoms with Crippen molar-refractivity contribution in [1.29, 1.82) is 0 Å². The Morgan fingerprint density at radius 1 is 1.28 bits per heavy atom. The summed E-state index contributed by atoms with van der Waals surface area (Å²) in [6.07, 6.45) is 1.36. The van der Waals surface area contributed by atoms with E-state index in [0.717, 1.165) is 4.47 Å². The number of amides is 1. The quantitative estimate of drug-likeness (QED) is 0.491. The summed E-state index contributed by atoms with van der Waals surface area (Å²) < 4.78 is 11.9. The van der Waals surface area contributed by atoms with Crippen molar-refractivity contribution in [3.05, 3.63) is 50.4 Å². The largest absolute Gasteiger partial charge is 0.506 e. The van der Waals surface area contributed by atoms with Crippen LogP contribution >= 0.6 is 31.9 Å². The van der Waals surface area contributed by atoms with Crippen molar-refractivity contribution in [2.45, 2.75) is 6.92 Å². The molecule has 0 spiro atoms. The van der Waals surface area contributed by atoms with E-state index in [4.69, 9.17) is 9.47 Å². The van der Waals surface area contributed by atoms with E-state index in [1.54, 1.807) is 30.3 Å². The number of phenolic OH excluding ortho intramolecular Hbond substituents is 1. The SMILES string of the molecule is CCOc1ccc(C(=O)N/N=C/c2cc(Br)cc(Br)c2O)cc1OC. The second kappa shape index (κ2) is 8.87. The third kappa shape index (κ3) is 4.96. The molecule has 0 bridgehead atoms. The van der Waals surface area contributed by atoms with Crippen LogP contribution in [0, 0.1) is 0 Å². The number of ether oxygens (including phenoxy) is 2. The first-order valence-corrected chi connectivity index (χ1v) is 8.87. The Bertz CT molecular complexity index is 809. The topological polar surface area (TPSA) is 80.2 Å². The van der Waals surface area contributed by atoms with Crippen molar-refractivity contribution in [3.8, 4) is 17.2 Å². The molecule has 0 fully saturated rings. The van der Waals surface area contributed by atoms with Crippen molar-refractivity contribution < 1.29 is 19.4 Å². The van der Waals surface area contributed by atoms with E-state index in [0.29, 0.717) is 33.7 Å². The second-order valence-corrected chi connectivity index (χ2v) is 6.59. The first kappa shape index (κ1) is 19.3. The van der Waals surface area contributed by atoms with Crippen LogP contribution in [0.1, 0.15) is 22.8 Å². The van der Waals surface area contributed by atoms with Gasteiger partial charge < -0.3 is 14.6 Å². The smallest absolute Gasteiger partial charge is 0.271 e. The Balaban J connectivity index is 2.12. The molecule has 1 amide bonds. The number of benzene rings is 2. The van der Waals surface area contributed by atoms with Crippen LogP contribution in [-0.4, -0.2) is 30.9 Å². The zero-order chi connectivity index (χ0) is 18.4. The molecule has 8 heteroatoms. The van der Waals surface area contributed by atoms with Gasteiger partial charge in [0.15, 0.2) is 11.5 Å². The predicted octanol–water partition coefficient (Wildman–Crippen LogP) is 4.09. The van der Waals surface area contributed by atoms with Gasteiger partial charge in [0.05, 0.1) is 24.4 Å². The van der Waals surface area contributed by atoms with E-state index in [2.05, 4.69) is 42.4 Å². The lowest BCUT2D eigenvalue weighted by molar-refractivity contribution is 0.0954. The van der Waals surface area contributed by atoms with Crippen LogP contribution in [-0.2, 0) is 0 Å². The molecule has 0 atom stereocenters. The highest BCUT2D eigenvalue weighted by molar-refractivity contribution is 9.11. The lowest BCUT2D eigenvalue weighted by Gasteiger charge is -2.10. The maximum Gasteiger partial charge on any atom is 0.271 e. The summed E-state index contributed by atoms with van der Waals surface area (Å²) in [5.41, 5.74) is 3.23. The molecule has 25 heavy (non-hydrogen) atoms. The van der Waals surface area contributed by atoms with Crippen molar-refractivity contribution in [1.82, 2.24) is 5.43 Å². The molecular formula is C17H16Br2N2O4. The molecule has 0 aromatic heterocycles. The zero-order valence-corrected chi connectivity index (χ0v) is 16.7. The number of hydrogen-bond acceptors (Lipinski definition) is 5. The summed E-state index contributed by atoms with van der Waals surface area (Å²) in [5.74, 6) is 0.649. The molecule has 0 unspecified atom stereocenters. The molecule has 0 saturated carbocycles. The standard InChI is InChI=1S/C17H16Br2N2O4/c1-3-25-14-5-4-10(7-15(14)24-2)17(23)21-20-9-11-6-12(18)8-13(19)16(11)22/h4-9,22H,3H2,1-2H3,(H,21,23)/b20-9+. The molecule has 0 aliphatic heterocycles. The molecule has 0 heterocycles. The molecule has 0 aliphatic carbocycles. The number of nitrogens with one attached hydrogen (secondary N) is 1. The molecular weight excluding hydrogens is 456 g/mol. The second-order valence-electron chi connectivity index (χ2n) is 4.82. The van der Waals surface area contributed by atoms with Gasteiger partial charge in [0.1, 0.15) is 5.75 Å². The Morgan fingerprint density at radius 2 is 2.04 bits per heavy atom. The van der Waals surface area contributed by atoms with Gasteiger partial charge in [-0.3, -0.25) is 4.79 Å². The minimum atomic E-state index is -0.411. The van der Waals surface area contributed by atoms with E-state index < -0.39 is 5.91 Å². The van der Waals surface area contributed by atoms with Gasteiger partial charge in [0.2, 0.25) is 0 Å². The van der Waals surface area contributed by atoms with Gasteiger partial charge in [-0.25, -0.2) is 5.43 Å². The van der Waals surface area contributed by atoms with E-state index >= 15 is 0 Å². The van der Waals surface area contributed by atoms with Gasteiger partial charge >= 0.3 is 0 Å². The summed E-state index contributed by atoms with van der Waals surface area (Å²) in [6.45, 7) is 2.36. The highest BCUT2D eigenvalue weighted by Gasteiger charge is 2.11. The maximum atomic E-state index is 12.2. The molecule has 2 aromatic rings. The Labute approximate surface area is 162 Å². The number of aromatic hydroxyl groups is 1. The summed E-state index contributed by atoms with van der Waals surface area (Å²) in [6, 6.07) is 8.24. The maximum absolute atomic E-state index is 12.2. The normalized spacial score (nSPS) is 10.7. The molecule has 0 radical (unpaired) electrons. The fourth-order valence-electron chi connectivity index (χ4n) is 1.99. The molecule has 2 aromatic carbocycles. The summed E-state index contributed by atoms with van der Waals surface area (Å²) in [7, 11) is 1.51. The number of hydrogen-bond donors (Lipinski definition) is 2. The van der Waals surface area contributed by atoms with E-state index in [9.17, 15) is 9.90 Å². The van der Waals surface area contributed by atoms with Crippen LogP contribution in [0.3, 0.4) is 0 Å². The Hall–Kier alpha value is -2.06. The number of carbonyl (C=O) groups is 1. The van der Waals surface area contributed by atoms with Gasteiger partial charge in [-0.15, -0.1) is 0 Å². The van der Waals surface area contributed by atoms with Crippen LogP contribution in [0.5, 0.6) is 17.2 Å². The molecule has 2 rings (SSSR count). The fraction of sp³-hybridized carbons (Fsp3) is 0.176. The third-order valence-corrected chi connectivity index (χ3v) is 4.22. The number of hydrazone groups is 1. The van der Waals surface area contributed by atoms with E-state index in [1.165, 1.54) is 13.3 Å².